The van der Waals surface area contributed by atoms with Gasteiger partial charge >= 0.3 is 5.97 Å². The Morgan fingerprint density at radius 3 is 2.73 bits per heavy atom. The van der Waals surface area contributed by atoms with E-state index in [4.69, 9.17) is 5.11 Å². The Hall–Kier alpha value is -1.95. The van der Waals surface area contributed by atoms with Gasteiger partial charge in [0.25, 0.3) is 0 Å². The first-order valence-electron chi connectivity index (χ1n) is 7.48. The molecule has 22 heavy (non-hydrogen) atoms. The Morgan fingerprint density at radius 1 is 1.27 bits per heavy atom. The van der Waals surface area contributed by atoms with Crippen LogP contribution in [-0.2, 0) is 16.0 Å². The number of carboxylic acid groups (broad SMARTS) is 1. The highest BCUT2D eigenvalue weighted by molar-refractivity contribution is 7.18. The second kappa shape index (κ2) is 6.04. The van der Waals surface area contributed by atoms with Crippen LogP contribution in [0.25, 0.3) is 10.2 Å². The molecule has 0 radical (unpaired) electrons. The molecule has 1 fully saturated rings. The molecule has 1 aliphatic rings. The van der Waals surface area contributed by atoms with Crippen molar-refractivity contribution in [1.82, 2.24) is 10.3 Å². The van der Waals surface area contributed by atoms with Crippen LogP contribution >= 0.6 is 11.3 Å². The minimum atomic E-state index is -0.968. The van der Waals surface area contributed by atoms with Crippen LogP contribution < -0.4 is 5.32 Å². The van der Waals surface area contributed by atoms with Crippen molar-refractivity contribution in [3.8, 4) is 0 Å². The van der Waals surface area contributed by atoms with E-state index in [1.807, 2.05) is 18.2 Å². The van der Waals surface area contributed by atoms with Gasteiger partial charge in [0.1, 0.15) is 5.54 Å². The number of unbranched alkanes of at least 4 members (excludes halogenated alkanes) is 1. The maximum atomic E-state index is 11.8. The minimum Gasteiger partial charge on any atom is -0.480 e. The maximum Gasteiger partial charge on any atom is 0.329 e. The number of hydrogen-bond donors (Lipinski definition) is 2. The lowest BCUT2D eigenvalue weighted by atomic mass is 10.1. The number of fused-ring (bicyclic) bond motifs is 1. The minimum absolute atomic E-state index is 0.163. The third-order valence-electron chi connectivity index (χ3n) is 3.92. The molecule has 116 valence electrons. The maximum absolute atomic E-state index is 11.8. The van der Waals surface area contributed by atoms with Gasteiger partial charge in [-0.3, -0.25) is 4.79 Å². The quantitative estimate of drug-likeness (QED) is 0.769. The van der Waals surface area contributed by atoms with Gasteiger partial charge in [-0.2, -0.15) is 0 Å². The number of carboxylic acids is 1. The number of thiazole rings is 1. The first-order chi connectivity index (χ1) is 10.6. The number of aliphatic carboxylic acids is 1. The Labute approximate surface area is 132 Å². The predicted molar refractivity (Wildman–Crippen MR) is 84.9 cm³/mol. The number of carbonyl (C=O) groups excluding carboxylic acids is 1. The number of hydrogen-bond acceptors (Lipinski definition) is 4. The second-order valence-electron chi connectivity index (χ2n) is 5.72. The van der Waals surface area contributed by atoms with Crippen LogP contribution in [0.1, 0.15) is 37.1 Å². The lowest BCUT2D eigenvalue weighted by molar-refractivity contribution is -0.143. The average molecular weight is 318 g/mol. The first-order valence-corrected chi connectivity index (χ1v) is 8.30. The van der Waals surface area contributed by atoms with Crippen LogP contribution in [0.3, 0.4) is 0 Å². The lowest BCUT2D eigenvalue weighted by Crippen LogP contribution is -2.42. The van der Waals surface area contributed by atoms with Crippen molar-refractivity contribution >= 4 is 33.4 Å². The van der Waals surface area contributed by atoms with Crippen LogP contribution in [0.2, 0.25) is 0 Å². The van der Waals surface area contributed by atoms with E-state index in [1.54, 1.807) is 11.3 Å². The van der Waals surface area contributed by atoms with Crippen molar-refractivity contribution in [2.24, 2.45) is 0 Å². The molecule has 0 saturated heterocycles. The van der Waals surface area contributed by atoms with E-state index >= 15 is 0 Å². The van der Waals surface area contributed by atoms with Crippen molar-refractivity contribution in [1.29, 1.82) is 0 Å². The van der Waals surface area contributed by atoms with E-state index in [1.165, 1.54) is 4.70 Å². The monoisotopic (exact) mass is 318 g/mol. The zero-order chi connectivity index (χ0) is 15.6. The highest BCUT2D eigenvalue weighted by Gasteiger charge is 2.51. The summed E-state index contributed by atoms with van der Waals surface area (Å²) in [5.74, 6) is -1.08. The first kappa shape index (κ1) is 15.0. The normalized spacial score (nSPS) is 15.6. The van der Waals surface area contributed by atoms with Crippen LogP contribution in [0.15, 0.2) is 24.3 Å². The molecule has 1 aromatic heterocycles. The van der Waals surface area contributed by atoms with Gasteiger partial charge < -0.3 is 10.4 Å². The molecule has 1 aliphatic carbocycles. The topological polar surface area (TPSA) is 79.3 Å². The van der Waals surface area contributed by atoms with Crippen molar-refractivity contribution in [2.75, 3.05) is 0 Å². The summed E-state index contributed by atoms with van der Waals surface area (Å²) in [6.07, 6.45) is 3.95. The SMILES string of the molecule is O=C(CCCCc1nc2ccccc2s1)NC1(C(=O)O)CC1. The zero-order valence-corrected chi connectivity index (χ0v) is 13.0. The molecule has 0 unspecified atom stereocenters. The van der Waals surface area contributed by atoms with E-state index in [-0.39, 0.29) is 5.91 Å². The van der Waals surface area contributed by atoms with Crippen LogP contribution in [0, 0.1) is 0 Å². The predicted octanol–water partition coefficient (Wildman–Crippen LogP) is 2.74. The summed E-state index contributed by atoms with van der Waals surface area (Å²) < 4.78 is 1.19. The van der Waals surface area contributed by atoms with Crippen LogP contribution in [-0.4, -0.2) is 27.5 Å². The van der Waals surface area contributed by atoms with E-state index in [0.717, 1.165) is 29.8 Å². The summed E-state index contributed by atoms with van der Waals surface area (Å²) in [5, 5.41) is 12.7. The number of nitrogens with one attached hydrogen (secondary N) is 1. The third-order valence-corrected chi connectivity index (χ3v) is 5.02. The summed E-state index contributed by atoms with van der Waals surface area (Å²) in [4.78, 5) is 27.3. The molecule has 1 heterocycles. The van der Waals surface area contributed by atoms with Crippen molar-refractivity contribution in [3.63, 3.8) is 0 Å². The average Bonchev–Trinajstić information content (AvgIpc) is 3.15. The van der Waals surface area contributed by atoms with Crippen LogP contribution in [0.4, 0.5) is 0 Å². The number of aryl methyl sites for hydroxylation is 1. The van der Waals surface area contributed by atoms with Crippen molar-refractivity contribution < 1.29 is 14.7 Å². The van der Waals surface area contributed by atoms with E-state index in [9.17, 15) is 9.59 Å². The Morgan fingerprint density at radius 2 is 2.05 bits per heavy atom. The standard InChI is InChI=1S/C16H18N2O3S/c19-13(18-16(9-10-16)15(20)21)7-3-4-8-14-17-11-5-1-2-6-12(11)22-14/h1-2,5-6H,3-4,7-10H2,(H,18,19)(H,20,21). The number of aromatic nitrogens is 1. The van der Waals surface area contributed by atoms with Crippen molar-refractivity contribution in [3.05, 3.63) is 29.3 Å². The fraction of sp³-hybridized carbons (Fsp3) is 0.438. The summed E-state index contributed by atoms with van der Waals surface area (Å²) in [7, 11) is 0. The van der Waals surface area contributed by atoms with Gasteiger partial charge in [0.05, 0.1) is 15.2 Å². The molecular formula is C16H18N2O3S. The third kappa shape index (κ3) is 3.27. The molecule has 5 nitrogen and oxygen atoms in total. The van der Waals surface area contributed by atoms with Gasteiger partial charge in [-0.1, -0.05) is 12.1 Å². The van der Waals surface area contributed by atoms with Gasteiger partial charge in [-0.15, -0.1) is 11.3 Å². The molecule has 2 N–H and O–H groups in total. The summed E-state index contributed by atoms with van der Waals surface area (Å²) >= 11 is 1.69. The Balaban J connectivity index is 1.42. The number of para-hydroxylation sites is 1. The van der Waals surface area contributed by atoms with E-state index in [2.05, 4.69) is 16.4 Å². The molecule has 1 aromatic carbocycles. The van der Waals surface area contributed by atoms with Gasteiger partial charge in [-0.05, 0) is 44.2 Å². The molecule has 0 aliphatic heterocycles. The number of rotatable bonds is 7. The molecule has 3 rings (SSSR count). The molecule has 0 atom stereocenters. The fourth-order valence-corrected chi connectivity index (χ4v) is 3.44. The molecule has 6 heteroatoms. The summed E-state index contributed by atoms with van der Waals surface area (Å²) in [6.45, 7) is 0. The highest BCUT2D eigenvalue weighted by Crippen LogP contribution is 2.35. The smallest absolute Gasteiger partial charge is 0.329 e. The summed E-state index contributed by atoms with van der Waals surface area (Å²) in [5.41, 5.74) is 0.0572. The second-order valence-corrected chi connectivity index (χ2v) is 6.83. The van der Waals surface area contributed by atoms with E-state index < -0.39 is 11.5 Å². The Kier molecular flexibility index (Phi) is 4.11. The fourth-order valence-electron chi connectivity index (χ4n) is 2.44. The molecule has 0 bridgehead atoms. The molecule has 1 saturated carbocycles. The lowest BCUT2D eigenvalue weighted by Gasteiger charge is -2.11. The molecule has 0 spiro atoms. The number of amides is 1. The number of benzene rings is 1. The zero-order valence-electron chi connectivity index (χ0n) is 12.2. The van der Waals surface area contributed by atoms with Gasteiger partial charge in [0, 0.05) is 6.42 Å². The Bertz CT molecular complexity index is 673. The number of carbonyl (C=O) groups is 2. The highest BCUT2D eigenvalue weighted by atomic mass is 32.1. The molecule has 2 aromatic rings. The number of nitrogens with zero attached hydrogens (tertiary/aromatic N) is 1. The largest absolute Gasteiger partial charge is 0.480 e. The summed E-state index contributed by atoms with van der Waals surface area (Å²) in [6, 6.07) is 8.05. The van der Waals surface area contributed by atoms with Crippen molar-refractivity contribution in [2.45, 2.75) is 44.1 Å². The van der Waals surface area contributed by atoms with Gasteiger partial charge in [0.15, 0.2) is 0 Å². The van der Waals surface area contributed by atoms with E-state index in [0.29, 0.717) is 19.3 Å². The molecular weight excluding hydrogens is 300 g/mol. The molecule has 1 amide bonds. The van der Waals surface area contributed by atoms with Gasteiger partial charge in [-0.25, -0.2) is 9.78 Å². The van der Waals surface area contributed by atoms with Crippen LogP contribution in [0.5, 0.6) is 0 Å². The van der Waals surface area contributed by atoms with Gasteiger partial charge in [0.2, 0.25) is 5.91 Å².